The fourth-order valence-electron chi connectivity index (χ4n) is 3.08. The number of carbonyl (C=O) groups excluding carboxylic acids is 2. The number of hydrogen-bond acceptors (Lipinski definition) is 4. The lowest BCUT2D eigenvalue weighted by Gasteiger charge is -2.17. The number of thioether (sulfide) groups is 1. The number of amides is 2. The number of amidine groups is 1. The molecule has 6 heteroatoms. The first-order valence-corrected chi connectivity index (χ1v) is 9.40. The Kier molecular flexibility index (Phi) is 5.56. The van der Waals surface area contributed by atoms with Crippen LogP contribution in [0, 0.1) is 6.92 Å². The molecule has 2 N–H and O–H groups in total. The normalized spacial score (nSPS) is 23.3. The van der Waals surface area contributed by atoms with Gasteiger partial charge in [0, 0.05) is 12.1 Å². The van der Waals surface area contributed by atoms with Crippen molar-refractivity contribution in [2.75, 3.05) is 5.32 Å². The lowest BCUT2D eigenvalue weighted by Crippen LogP contribution is -2.28. The molecule has 1 atom stereocenters. The Morgan fingerprint density at radius 3 is 2.88 bits per heavy atom. The first kappa shape index (κ1) is 17.0. The number of benzene rings is 1. The molecule has 0 bridgehead atoms. The minimum absolute atomic E-state index is 0.117. The minimum Gasteiger partial charge on any atom is -0.326 e. The molecule has 0 radical (unpaired) electrons. The van der Waals surface area contributed by atoms with E-state index in [1.807, 2.05) is 31.2 Å². The highest BCUT2D eigenvalue weighted by Gasteiger charge is 2.32. The quantitative estimate of drug-likeness (QED) is 0.880. The number of anilines is 1. The van der Waals surface area contributed by atoms with Crippen molar-refractivity contribution in [1.29, 1.82) is 0 Å². The molecular weight excluding hydrogens is 322 g/mol. The van der Waals surface area contributed by atoms with E-state index in [2.05, 4.69) is 15.6 Å². The average Bonchev–Trinajstić information content (AvgIpc) is 2.87. The lowest BCUT2D eigenvalue weighted by molar-refractivity contribution is -0.122. The monoisotopic (exact) mass is 345 g/mol. The van der Waals surface area contributed by atoms with E-state index in [4.69, 9.17) is 0 Å². The number of rotatable bonds is 4. The molecule has 1 saturated carbocycles. The second-order valence-electron chi connectivity index (χ2n) is 6.44. The van der Waals surface area contributed by atoms with Gasteiger partial charge in [0.15, 0.2) is 5.17 Å². The van der Waals surface area contributed by atoms with Crippen LogP contribution in [0.2, 0.25) is 0 Å². The molecule has 0 spiro atoms. The van der Waals surface area contributed by atoms with Crippen molar-refractivity contribution in [2.45, 2.75) is 56.7 Å². The Morgan fingerprint density at radius 1 is 1.33 bits per heavy atom. The first-order chi connectivity index (χ1) is 11.6. The van der Waals surface area contributed by atoms with Crippen molar-refractivity contribution in [3.05, 3.63) is 29.8 Å². The topological polar surface area (TPSA) is 70.6 Å². The predicted octanol–water partition coefficient (Wildman–Crippen LogP) is 3.24. The Hall–Kier alpha value is -1.82. The maximum atomic E-state index is 12.2. The maximum absolute atomic E-state index is 12.2. The SMILES string of the molecule is Cc1cccc(NC(=O)C[C@@H]2SC(=NC3CCCCC3)NC2=O)c1. The molecule has 2 fully saturated rings. The van der Waals surface area contributed by atoms with Gasteiger partial charge in [-0.15, -0.1) is 0 Å². The molecule has 1 saturated heterocycles. The summed E-state index contributed by atoms with van der Waals surface area (Å²) in [5.74, 6) is -0.263. The van der Waals surface area contributed by atoms with Gasteiger partial charge in [-0.2, -0.15) is 0 Å². The van der Waals surface area contributed by atoms with E-state index >= 15 is 0 Å². The van der Waals surface area contributed by atoms with Gasteiger partial charge in [-0.3, -0.25) is 14.6 Å². The van der Waals surface area contributed by atoms with Gasteiger partial charge in [-0.1, -0.05) is 43.2 Å². The van der Waals surface area contributed by atoms with E-state index in [0.29, 0.717) is 11.2 Å². The summed E-state index contributed by atoms with van der Waals surface area (Å²) in [6.07, 6.45) is 6.05. The van der Waals surface area contributed by atoms with E-state index < -0.39 is 5.25 Å². The van der Waals surface area contributed by atoms with Crippen molar-refractivity contribution in [3.8, 4) is 0 Å². The third kappa shape index (κ3) is 4.60. The predicted molar refractivity (Wildman–Crippen MR) is 98.3 cm³/mol. The molecule has 24 heavy (non-hydrogen) atoms. The average molecular weight is 345 g/mol. The summed E-state index contributed by atoms with van der Waals surface area (Å²) < 4.78 is 0. The summed E-state index contributed by atoms with van der Waals surface area (Å²) in [6, 6.07) is 7.96. The van der Waals surface area contributed by atoms with E-state index in [1.54, 1.807) is 0 Å². The van der Waals surface area contributed by atoms with Crippen molar-refractivity contribution in [1.82, 2.24) is 5.32 Å². The van der Waals surface area contributed by atoms with Gasteiger partial charge < -0.3 is 10.6 Å². The molecule has 1 aliphatic heterocycles. The van der Waals surface area contributed by atoms with Gasteiger partial charge in [-0.05, 0) is 37.5 Å². The number of hydrogen-bond donors (Lipinski definition) is 2. The second kappa shape index (κ2) is 7.83. The van der Waals surface area contributed by atoms with Crippen LogP contribution in [-0.4, -0.2) is 28.3 Å². The number of carbonyl (C=O) groups is 2. The highest BCUT2D eigenvalue weighted by atomic mass is 32.2. The van der Waals surface area contributed by atoms with Crippen molar-refractivity contribution >= 4 is 34.4 Å². The Morgan fingerprint density at radius 2 is 2.12 bits per heavy atom. The number of nitrogens with one attached hydrogen (secondary N) is 2. The van der Waals surface area contributed by atoms with Gasteiger partial charge in [0.05, 0.1) is 6.04 Å². The maximum Gasteiger partial charge on any atom is 0.240 e. The fourth-order valence-corrected chi connectivity index (χ4v) is 4.12. The third-order valence-electron chi connectivity index (χ3n) is 4.32. The smallest absolute Gasteiger partial charge is 0.240 e. The molecule has 0 aromatic heterocycles. The highest BCUT2D eigenvalue weighted by molar-refractivity contribution is 8.15. The van der Waals surface area contributed by atoms with E-state index in [9.17, 15) is 9.59 Å². The molecule has 1 heterocycles. The summed E-state index contributed by atoms with van der Waals surface area (Å²) in [5, 5.41) is 5.97. The fraction of sp³-hybridized carbons (Fsp3) is 0.500. The van der Waals surface area contributed by atoms with Gasteiger partial charge >= 0.3 is 0 Å². The van der Waals surface area contributed by atoms with Crippen LogP contribution < -0.4 is 10.6 Å². The largest absolute Gasteiger partial charge is 0.326 e. The van der Waals surface area contributed by atoms with Crippen LogP contribution in [0.3, 0.4) is 0 Å². The van der Waals surface area contributed by atoms with E-state index in [-0.39, 0.29) is 18.2 Å². The van der Waals surface area contributed by atoms with Crippen LogP contribution >= 0.6 is 11.8 Å². The summed E-state index contributed by atoms with van der Waals surface area (Å²) in [6.45, 7) is 1.98. The first-order valence-electron chi connectivity index (χ1n) is 8.52. The van der Waals surface area contributed by atoms with E-state index in [1.165, 1.54) is 31.0 Å². The van der Waals surface area contributed by atoms with E-state index in [0.717, 1.165) is 24.1 Å². The van der Waals surface area contributed by atoms with Crippen molar-refractivity contribution in [3.63, 3.8) is 0 Å². The summed E-state index contributed by atoms with van der Waals surface area (Å²) in [7, 11) is 0. The zero-order chi connectivity index (χ0) is 16.9. The van der Waals surface area contributed by atoms with Crippen LogP contribution in [-0.2, 0) is 9.59 Å². The van der Waals surface area contributed by atoms with Crippen LogP contribution in [0.25, 0.3) is 0 Å². The zero-order valence-electron chi connectivity index (χ0n) is 13.9. The van der Waals surface area contributed by atoms with Crippen LogP contribution in [0.4, 0.5) is 5.69 Å². The van der Waals surface area contributed by atoms with Gasteiger partial charge in [0.1, 0.15) is 5.25 Å². The van der Waals surface area contributed by atoms with Gasteiger partial charge in [0.25, 0.3) is 0 Å². The Labute approximate surface area is 146 Å². The Bertz CT molecular complexity index is 653. The van der Waals surface area contributed by atoms with Crippen LogP contribution in [0.15, 0.2) is 29.3 Å². The molecule has 1 aromatic carbocycles. The van der Waals surface area contributed by atoms with Gasteiger partial charge in [0.2, 0.25) is 11.8 Å². The zero-order valence-corrected chi connectivity index (χ0v) is 14.7. The molecule has 128 valence electrons. The Balaban J connectivity index is 1.54. The number of nitrogens with zero attached hydrogens (tertiary/aromatic N) is 1. The summed E-state index contributed by atoms with van der Waals surface area (Å²) in [4.78, 5) is 28.9. The number of aliphatic imine (C=N–C) groups is 1. The highest BCUT2D eigenvalue weighted by Crippen LogP contribution is 2.26. The molecule has 0 unspecified atom stereocenters. The molecule has 5 nitrogen and oxygen atoms in total. The summed E-state index contributed by atoms with van der Waals surface area (Å²) >= 11 is 1.38. The lowest BCUT2D eigenvalue weighted by atomic mass is 9.96. The summed E-state index contributed by atoms with van der Waals surface area (Å²) in [5.41, 5.74) is 1.85. The molecule has 1 aliphatic carbocycles. The van der Waals surface area contributed by atoms with Crippen molar-refractivity contribution < 1.29 is 9.59 Å². The molecule has 2 aliphatic rings. The molecular formula is C18H23N3O2S. The van der Waals surface area contributed by atoms with Crippen LogP contribution in [0.5, 0.6) is 0 Å². The molecule has 1 aromatic rings. The third-order valence-corrected chi connectivity index (χ3v) is 5.42. The minimum atomic E-state index is -0.392. The van der Waals surface area contributed by atoms with Gasteiger partial charge in [-0.25, -0.2) is 0 Å². The standard InChI is InChI=1S/C18H23N3O2S/c1-12-6-5-9-14(10-12)19-16(22)11-15-17(23)21-18(24-15)20-13-7-3-2-4-8-13/h5-6,9-10,13,15H,2-4,7-8,11H2,1H3,(H,19,22)(H,20,21,23)/t15-/m0/s1. The number of aryl methyl sites for hydroxylation is 1. The van der Waals surface area contributed by atoms with Crippen LogP contribution in [0.1, 0.15) is 44.1 Å². The molecule has 3 rings (SSSR count). The second-order valence-corrected chi connectivity index (χ2v) is 7.64. The molecule has 2 amide bonds. The van der Waals surface area contributed by atoms with Crippen molar-refractivity contribution in [2.24, 2.45) is 4.99 Å².